The fourth-order valence-corrected chi connectivity index (χ4v) is 1.31. The summed E-state index contributed by atoms with van der Waals surface area (Å²) in [6.07, 6.45) is 0.571. The minimum absolute atomic E-state index is 0.0630. The molecule has 1 aliphatic rings. The Bertz CT molecular complexity index is 237. The molecule has 1 aliphatic heterocycles. The highest BCUT2D eigenvalue weighted by molar-refractivity contribution is 5.76. The molecule has 0 aromatic carbocycles. The van der Waals surface area contributed by atoms with Crippen LogP contribution in [-0.4, -0.2) is 31.2 Å². The zero-order valence-corrected chi connectivity index (χ0v) is 7.49. The van der Waals surface area contributed by atoms with Gasteiger partial charge < -0.3 is 10.1 Å². The van der Waals surface area contributed by atoms with E-state index in [4.69, 9.17) is 10.3 Å². The molecular weight excluding hydrogens is 172 g/mol. The van der Waals surface area contributed by atoms with Crippen LogP contribution in [0.15, 0.2) is 5.11 Å². The van der Waals surface area contributed by atoms with Crippen molar-refractivity contribution < 1.29 is 9.53 Å². The first-order valence-corrected chi connectivity index (χ1v) is 4.24. The molecule has 6 heteroatoms. The van der Waals surface area contributed by atoms with E-state index >= 15 is 0 Å². The van der Waals surface area contributed by atoms with Crippen molar-refractivity contribution in [3.05, 3.63) is 0 Å². The maximum Gasteiger partial charge on any atom is 0.323 e. The molecule has 1 saturated heterocycles. The van der Waals surface area contributed by atoms with Gasteiger partial charge in [-0.2, -0.15) is 0 Å². The van der Waals surface area contributed by atoms with Gasteiger partial charge in [0, 0.05) is 13.0 Å². The Balaban J connectivity index is 2.40. The molecule has 2 N–H and O–H groups in total. The van der Waals surface area contributed by atoms with Gasteiger partial charge in [0.05, 0.1) is 6.61 Å². The molecule has 0 spiro atoms. The fraction of sp³-hybridized carbons (Fsp3) is 0.857. The van der Waals surface area contributed by atoms with Crippen LogP contribution in [0.4, 0.5) is 0 Å². The molecule has 0 bridgehead atoms. The van der Waals surface area contributed by atoms with E-state index in [2.05, 4.69) is 15.3 Å². The van der Waals surface area contributed by atoms with Gasteiger partial charge in [0.1, 0.15) is 22.7 Å². The van der Waals surface area contributed by atoms with Gasteiger partial charge in [-0.3, -0.25) is 4.79 Å². The Morgan fingerprint density at radius 2 is 2.62 bits per heavy atom. The lowest BCUT2D eigenvalue weighted by molar-refractivity contribution is -0.145. The lowest BCUT2D eigenvalue weighted by Crippen LogP contribution is -2.32. The standard InChI is InChI=1S/C7H13N4O2/c1-2-13-7(12)6-3-5(4-9-6)10-11-8/h5-6,8-9H,2-4H2,1H3/q+1/t5-,6-/m0/s1. The average Bonchev–Trinajstić information content (AvgIpc) is 2.54. The number of rotatable bonds is 3. The van der Waals surface area contributed by atoms with E-state index in [1.54, 1.807) is 6.92 Å². The molecule has 0 amide bonds. The van der Waals surface area contributed by atoms with Gasteiger partial charge in [0.2, 0.25) is 4.91 Å². The van der Waals surface area contributed by atoms with Gasteiger partial charge in [0.15, 0.2) is 0 Å². The van der Waals surface area contributed by atoms with Crippen LogP contribution < -0.4 is 10.2 Å². The zero-order valence-electron chi connectivity index (χ0n) is 7.49. The second-order valence-corrected chi connectivity index (χ2v) is 2.82. The molecule has 13 heavy (non-hydrogen) atoms. The normalized spacial score (nSPS) is 26.5. The van der Waals surface area contributed by atoms with Crippen molar-refractivity contribution in [3.63, 3.8) is 0 Å². The third-order valence-corrected chi connectivity index (χ3v) is 1.90. The molecule has 1 rings (SSSR count). The molecule has 2 atom stereocenters. The van der Waals surface area contributed by atoms with Crippen LogP contribution in [0, 0.1) is 5.53 Å². The topological polar surface area (TPSA) is 88.6 Å². The number of nitrogens with zero attached hydrogens (tertiary/aromatic N) is 2. The second-order valence-electron chi connectivity index (χ2n) is 2.82. The summed E-state index contributed by atoms with van der Waals surface area (Å²) in [7, 11) is 0. The predicted molar refractivity (Wildman–Crippen MR) is 44.1 cm³/mol. The Hall–Kier alpha value is -1.26. The molecule has 0 unspecified atom stereocenters. The van der Waals surface area contributed by atoms with Crippen molar-refractivity contribution >= 4 is 5.97 Å². The summed E-state index contributed by atoms with van der Waals surface area (Å²) in [6, 6.07) is -0.345. The highest BCUT2D eigenvalue weighted by Gasteiger charge is 2.32. The number of carbonyl (C=O) groups excluding carboxylic acids is 1. The highest BCUT2D eigenvalue weighted by Crippen LogP contribution is 2.10. The number of carbonyl (C=O) groups is 1. The van der Waals surface area contributed by atoms with Gasteiger partial charge in [-0.15, -0.1) is 0 Å². The van der Waals surface area contributed by atoms with E-state index in [0.29, 0.717) is 19.6 Å². The first-order valence-electron chi connectivity index (χ1n) is 4.24. The van der Waals surface area contributed by atoms with E-state index in [0.717, 1.165) is 0 Å². The molecule has 0 aromatic rings. The van der Waals surface area contributed by atoms with Gasteiger partial charge in [-0.05, 0) is 6.92 Å². The Morgan fingerprint density at radius 3 is 3.23 bits per heavy atom. The van der Waals surface area contributed by atoms with Crippen molar-refractivity contribution in [1.29, 1.82) is 5.53 Å². The number of ether oxygens (including phenoxy) is 1. The molecule has 72 valence electrons. The smallest absolute Gasteiger partial charge is 0.323 e. The number of hydrogen-bond donors (Lipinski definition) is 2. The lowest BCUT2D eigenvalue weighted by atomic mass is 10.2. The van der Waals surface area contributed by atoms with E-state index < -0.39 is 0 Å². The Kier molecular flexibility index (Phi) is 3.54. The zero-order chi connectivity index (χ0) is 9.68. The van der Waals surface area contributed by atoms with Crippen molar-refractivity contribution in [3.8, 4) is 0 Å². The maximum atomic E-state index is 11.2. The minimum Gasteiger partial charge on any atom is -0.465 e. The van der Waals surface area contributed by atoms with Gasteiger partial charge in [-0.1, -0.05) is 0 Å². The first kappa shape index (κ1) is 9.83. The monoisotopic (exact) mass is 185 g/mol. The molecule has 1 heterocycles. The minimum atomic E-state index is -0.282. The molecule has 6 nitrogen and oxygen atoms in total. The predicted octanol–water partition coefficient (Wildman–Crippen LogP) is -0.170. The van der Waals surface area contributed by atoms with Crippen LogP contribution in [-0.2, 0) is 9.53 Å². The van der Waals surface area contributed by atoms with Crippen LogP contribution in [0.5, 0.6) is 0 Å². The van der Waals surface area contributed by atoms with Crippen LogP contribution in [0.2, 0.25) is 0 Å². The largest absolute Gasteiger partial charge is 0.465 e. The molecule has 0 radical (unpaired) electrons. The summed E-state index contributed by atoms with van der Waals surface area (Å²) in [5, 5.41) is 6.60. The van der Waals surface area contributed by atoms with E-state index in [9.17, 15) is 4.79 Å². The summed E-state index contributed by atoms with van der Waals surface area (Å²) >= 11 is 0. The molecular formula is C7H13N4O2+. The quantitative estimate of drug-likeness (QED) is 0.363. The first-order chi connectivity index (χ1) is 6.27. The summed E-state index contributed by atoms with van der Waals surface area (Å²) in [5.41, 5.74) is 6.54. The summed E-state index contributed by atoms with van der Waals surface area (Å²) < 4.78 is 4.83. The van der Waals surface area contributed by atoms with E-state index in [1.807, 2.05) is 0 Å². The third kappa shape index (κ3) is 2.61. The van der Waals surface area contributed by atoms with E-state index in [-0.39, 0.29) is 18.1 Å². The van der Waals surface area contributed by atoms with Crippen LogP contribution in [0.25, 0.3) is 0 Å². The Labute approximate surface area is 75.9 Å². The van der Waals surface area contributed by atoms with E-state index in [1.165, 1.54) is 0 Å². The molecule has 0 aliphatic carbocycles. The van der Waals surface area contributed by atoms with Gasteiger partial charge in [-0.25, -0.2) is 0 Å². The van der Waals surface area contributed by atoms with Crippen LogP contribution in [0.3, 0.4) is 0 Å². The second kappa shape index (κ2) is 4.69. The number of hydrogen-bond acceptors (Lipinski definition) is 5. The SMILES string of the molecule is CCOC(=O)[C@@H]1C[C@H](N=[N+]=N)CN1. The molecule has 1 fully saturated rings. The van der Waals surface area contributed by atoms with Gasteiger partial charge in [0.25, 0.3) is 0 Å². The average molecular weight is 185 g/mol. The highest BCUT2D eigenvalue weighted by atomic mass is 16.5. The molecule has 0 aromatic heterocycles. The van der Waals surface area contributed by atoms with Crippen molar-refractivity contribution in [2.45, 2.75) is 25.4 Å². The summed E-state index contributed by atoms with van der Waals surface area (Å²) in [6.45, 7) is 2.75. The summed E-state index contributed by atoms with van der Waals surface area (Å²) in [5.74, 6) is -0.245. The number of esters is 1. The van der Waals surface area contributed by atoms with Crippen molar-refractivity contribution in [2.24, 2.45) is 5.11 Å². The summed E-state index contributed by atoms with van der Waals surface area (Å²) in [4.78, 5) is 14.1. The van der Waals surface area contributed by atoms with Crippen LogP contribution in [0.1, 0.15) is 13.3 Å². The van der Waals surface area contributed by atoms with Crippen LogP contribution >= 0.6 is 0 Å². The number of nitrogens with one attached hydrogen (secondary N) is 2. The third-order valence-electron chi connectivity index (χ3n) is 1.90. The maximum absolute atomic E-state index is 11.2. The Morgan fingerprint density at radius 1 is 1.85 bits per heavy atom. The van der Waals surface area contributed by atoms with Crippen molar-refractivity contribution in [2.75, 3.05) is 13.2 Å². The van der Waals surface area contributed by atoms with Crippen molar-refractivity contribution in [1.82, 2.24) is 10.2 Å². The van der Waals surface area contributed by atoms with Gasteiger partial charge >= 0.3 is 5.97 Å². The lowest BCUT2D eigenvalue weighted by Gasteiger charge is -2.07. The fourth-order valence-electron chi connectivity index (χ4n) is 1.31. The molecule has 0 saturated carbocycles.